The van der Waals surface area contributed by atoms with Crippen molar-refractivity contribution in [2.75, 3.05) is 13.7 Å². The summed E-state index contributed by atoms with van der Waals surface area (Å²) in [5, 5.41) is 21.1. The number of methoxy groups -OCH3 is 1. The Balaban J connectivity index is 1.47. The topological polar surface area (TPSA) is 123 Å². The minimum absolute atomic E-state index is 0.123. The number of hydrogen-bond donors (Lipinski definition) is 2. The predicted molar refractivity (Wildman–Crippen MR) is 159 cm³/mol. The van der Waals surface area contributed by atoms with Crippen LogP contribution >= 0.6 is 15.9 Å². The van der Waals surface area contributed by atoms with Gasteiger partial charge in [-0.2, -0.15) is 4.90 Å². The Morgan fingerprint density at radius 1 is 1.17 bits per heavy atom. The Morgan fingerprint density at radius 3 is 2.64 bits per heavy atom. The van der Waals surface area contributed by atoms with Crippen molar-refractivity contribution >= 4 is 47.0 Å². The minimum Gasteiger partial charge on any atom is -0.507 e. The molecule has 2 aromatic rings. The van der Waals surface area contributed by atoms with E-state index in [1.807, 2.05) is 49.4 Å². The monoisotopic (exact) mass is 637 g/mol. The molecule has 2 aliphatic heterocycles. The first-order chi connectivity index (χ1) is 20.2. The van der Waals surface area contributed by atoms with Gasteiger partial charge in [-0.05, 0) is 79.4 Å². The molecular weight excluding hydrogens is 605 g/mol. The molecule has 220 valence electrons. The fourth-order valence-electron chi connectivity index (χ4n) is 6.38. The highest BCUT2D eigenvalue weighted by atomic mass is 79.9. The molecule has 4 atom stereocenters. The zero-order valence-corrected chi connectivity index (χ0v) is 25.1. The number of aromatic hydroxyl groups is 1. The van der Waals surface area contributed by atoms with Gasteiger partial charge in [0.05, 0.1) is 25.0 Å². The van der Waals surface area contributed by atoms with Crippen molar-refractivity contribution in [3.63, 3.8) is 0 Å². The number of halogens is 1. The van der Waals surface area contributed by atoms with Gasteiger partial charge in [-0.15, -0.1) is 0 Å². The number of likely N-dealkylation sites (tertiary alicyclic amines) is 1. The van der Waals surface area contributed by atoms with Crippen LogP contribution in [0, 0.1) is 17.8 Å². The van der Waals surface area contributed by atoms with Gasteiger partial charge in [-0.25, -0.2) is 4.79 Å². The van der Waals surface area contributed by atoms with Crippen LogP contribution in [-0.4, -0.2) is 59.9 Å². The van der Waals surface area contributed by atoms with E-state index in [2.05, 4.69) is 15.9 Å². The second-order valence-electron chi connectivity index (χ2n) is 10.8. The lowest BCUT2D eigenvalue weighted by Crippen LogP contribution is -2.46. The van der Waals surface area contributed by atoms with E-state index >= 15 is 0 Å². The third kappa shape index (κ3) is 6.04. The molecule has 42 heavy (non-hydrogen) atoms. The number of carbonyl (C=O) groups is 3. The van der Waals surface area contributed by atoms with Gasteiger partial charge in [0.25, 0.3) is 0 Å². The van der Waals surface area contributed by atoms with Crippen LogP contribution in [0.1, 0.15) is 38.2 Å². The number of nitrogens with zero attached hydrogens (tertiary/aromatic N) is 1. The number of rotatable bonds is 8. The lowest BCUT2D eigenvalue weighted by molar-refractivity contribution is -0.137. The number of phenols is 1. The van der Waals surface area contributed by atoms with E-state index in [9.17, 15) is 24.5 Å². The lowest BCUT2D eigenvalue weighted by atomic mass is 9.58. The first-order valence-corrected chi connectivity index (χ1v) is 14.9. The van der Waals surface area contributed by atoms with Crippen LogP contribution in [-0.2, 0) is 19.0 Å². The van der Waals surface area contributed by atoms with Crippen molar-refractivity contribution < 1.29 is 38.6 Å². The molecule has 0 radical (unpaired) electrons. The molecule has 2 heterocycles. The molecular formula is C31H33BBrNO8. The van der Waals surface area contributed by atoms with Crippen molar-refractivity contribution in [3.05, 3.63) is 75.3 Å². The van der Waals surface area contributed by atoms with E-state index in [0.29, 0.717) is 29.1 Å². The van der Waals surface area contributed by atoms with E-state index in [1.165, 1.54) is 0 Å². The Kier molecular flexibility index (Phi) is 9.20. The number of allylic oxidation sites excluding steroid dienone is 1. The summed E-state index contributed by atoms with van der Waals surface area (Å²) in [5.41, 5.74) is 3.45. The van der Waals surface area contributed by atoms with Crippen molar-refractivity contribution in [3.8, 4) is 11.5 Å². The molecule has 1 aliphatic carbocycles. The van der Waals surface area contributed by atoms with Crippen molar-refractivity contribution in [2.45, 2.75) is 45.0 Å². The average Bonchev–Trinajstić information content (AvgIpc) is 3.24. The number of hydrogen-bond acceptors (Lipinski definition) is 8. The van der Waals surface area contributed by atoms with Crippen LogP contribution in [0.4, 0.5) is 4.79 Å². The van der Waals surface area contributed by atoms with Crippen molar-refractivity contribution in [2.24, 2.45) is 17.8 Å². The van der Waals surface area contributed by atoms with Gasteiger partial charge < -0.3 is 24.3 Å². The number of fused-ring (bicyclic) bond motifs is 3. The Bertz CT molecular complexity index is 1430. The standard InChI is InChI=1S/C31H33BBrNO8/c1-3-18(13-19-14-21(33)10-11-25(19)35)9-12-26-27-20(17-41-22-7-5-4-6-8-22)15-23-28(24(27)16-32(39)42-26)30(37)34(29(23)36)31(38)40-2/h4-8,10-11,13-14,23-24,26,28,35,39H,3,9,12,15-17H2,1-2H3/b18-13+/t23-,24+,26-,28-/m1/s1. The van der Waals surface area contributed by atoms with Crippen LogP contribution in [0.15, 0.2) is 69.7 Å². The smallest absolute Gasteiger partial charge is 0.455 e. The first kappa shape index (κ1) is 30.1. The number of amides is 3. The minimum atomic E-state index is -1.14. The summed E-state index contributed by atoms with van der Waals surface area (Å²) in [6.07, 6.45) is 2.63. The normalized spacial score (nSPS) is 24.0. The molecule has 0 saturated carbocycles. The molecule has 2 N–H and O–H groups in total. The van der Waals surface area contributed by atoms with Crippen LogP contribution in [0.5, 0.6) is 11.5 Å². The number of phenolic OH excluding ortho intramolecular Hbond substituents is 1. The van der Waals surface area contributed by atoms with Gasteiger partial charge in [0.1, 0.15) is 18.1 Å². The maximum absolute atomic E-state index is 13.5. The second-order valence-corrected chi connectivity index (χ2v) is 11.7. The maximum Gasteiger partial charge on any atom is 0.455 e. The summed E-state index contributed by atoms with van der Waals surface area (Å²) < 4.78 is 17.8. The van der Waals surface area contributed by atoms with E-state index in [0.717, 1.165) is 34.7 Å². The first-order valence-electron chi connectivity index (χ1n) is 14.1. The van der Waals surface area contributed by atoms with Crippen molar-refractivity contribution in [1.29, 1.82) is 0 Å². The molecule has 3 amide bonds. The largest absolute Gasteiger partial charge is 0.507 e. The summed E-state index contributed by atoms with van der Waals surface area (Å²) in [4.78, 5) is 39.8. The molecule has 0 spiro atoms. The Morgan fingerprint density at radius 2 is 1.93 bits per heavy atom. The fraction of sp³-hybridized carbons (Fsp3) is 0.387. The van der Waals surface area contributed by atoms with Gasteiger partial charge in [0.15, 0.2) is 0 Å². The van der Waals surface area contributed by atoms with Gasteiger partial charge in [-0.3, -0.25) is 9.59 Å². The Labute approximate surface area is 253 Å². The molecule has 0 unspecified atom stereocenters. The average molecular weight is 638 g/mol. The molecule has 2 fully saturated rings. The molecule has 0 aromatic heterocycles. The molecule has 2 saturated heterocycles. The van der Waals surface area contributed by atoms with E-state index < -0.39 is 48.9 Å². The fourth-order valence-corrected chi connectivity index (χ4v) is 6.76. The summed E-state index contributed by atoms with van der Waals surface area (Å²) in [5.74, 6) is -2.40. The van der Waals surface area contributed by atoms with Gasteiger partial charge in [-0.1, -0.05) is 52.7 Å². The molecule has 0 bridgehead atoms. The zero-order chi connectivity index (χ0) is 30.0. The SMILES string of the molecule is CC/C(=C\c1cc(Br)ccc1O)CC[C@H]1OB(O)C[C@H]2C1=C(COc1ccccc1)C[C@H]1C(=O)N(C(=O)OC)C(=O)[C@H]12. The number of benzene rings is 2. The maximum atomic E-state index is 13.5. The van der Waals surface area contributed by atoms with E-state index in [4.69, 9.17) is 14.1 Å². The highest BCUT2D eigenvalue weighted by Gasteiger charge is 2.59. The number of carbonyl (C=O) groups excluding carboxylic acids is 3. The van der Waals surface area contributed by atoms with Gasteiger partial charge >= 0.3 is 13.2 Å². The highest BCUT2D eigenvalue weighted by Crippen LogP contribution is 2.51. The van der Waals surface area contributed by atoms with Crippen LogP contribution < -0.4 is 4.74 Å². The number of ether oxygens (including phenoxy) is 2. The van der Waals surface area contributed by atoms with Crippen LogP contribution in [0.25, 0.3) is 6.08 Å². The molecule has 2 aromatic carbocycles. The lowest BCUT2D eigenvalue weighted by Gasteiger charge is -2.43. The van der Waals surface area contributed by atoms with Crippen LogP contribution in [0.3, 0.4) is 0 Å². The van der Waals surface area contributed by atoms with Gasteiger partial charge in [0.2, 0.25) is 11.8 Å². The zero-order valence-electron chi connectivity index (χ0n) is 23.5. The summed E-state index contributed by atoms with van der Waals surface area (Å²) in [6, 6.07) is 14.6. The van der Waals surface area contributed by atoms with Gasteiger partial charge in [0, 0.05) is 10.0 Å². The number of para-hydroxylation sites is 1. The summed E-state index contributed by atoms with van der Waals surface area (Å²) >= 11 is 3.45. The molecule has 9 nitrogen and oxygen atoms in total. The second kappa shape index (κ2) is 12.8. The third-order valence-electron chi connectivity index (χ3n) is 8.35. The third-order valence-corrected chi connectivity index (χ3v) is 8.85. The van der Waals surface area contributed by atoms with Crippen LogP contribution in [0.2, 0.25) is 6.32 Å². The molecule has 11 heteroatoms. The quantitative estimate of drug-likeness (QED) is 0.225. The van der Waals surface area contributed by atoms with E-state index in [-0.39, 0.29) is 25.1 Å². The van der Waals surface area contributed by atoms with Crippen molar-refractivity contribution in [1.82, 2.24) is 4.90 Å². The molecule has 3 aliphatic rings. The summed E-state index contributed by atoms with van der Waals surface area (Å²) in [6.45, 7) is 2.21. The summed E-state index contributed by atoms with van der Waals surface area (Å²) in [7, 11) is -0.00806. The van der Waals surface area contributed by atoms with E-state index in [1.54, 1.807) is 12.1 Å². The Hall–Kier alpha value is -3.41. The predicted octanol–water partition coefficient (Wildman–Crippen LogP) is 5.37. The molecule has 5 rings (SSSR count). The number of imide groups is 3. The highest BCUT2D eigenvalue weighted by molar-refractivity contribution is 9.10.